The topological polar surface area (TPSA) is 75.5 Å². The summed E-state index contributed by atoms with van der Waals surface area (Å²) in [6.45, 7) is 0. The Morgan fingerprint density at radius 3 is 1.44 bits per heavy atom. The number of nitrogens with zero attached hydrogens (tertiary/aromatic N) is 6. The highest BCUT2D eigenvalue weighted by Gasteiger charge is 2.31. The summed E-state index contributed by atoms with van der Waals surface area (Å²) in [6, 6.07) is 22.9. The minimum absolute atomic E-state index is 0.268. The molecule has 2 aromatic heterocycles. The number of fused-ring (bicyclic) bond motifs is 2. The fourth-order valence-electron chi connectivity index (χ4n) is 3.66. The molecule has 198 valence electrons. The van der Waals surface area contributed by atoms with E-state index in [0.717, 1.165) is 29.1 Å². The van der Waals surface area contributed by atoms with Crippen LogP contribution in [0, 0.1) is 5.21 Å². The van der Waals surface area contributed by atoms with Gasteiger partial charge in [-0.15, -0.1) is 15.0 Å². The lowest BCUT2D eigenvalue weighted by Gasteiger charge is -2.07. The van der Waals surface area contributed by atoms with Gasteiger partial charge in [0.15, 0.2) is 0 Å². The highest BCUT2D eigenvalue weighted by Crippen LogP contribution is 2.30. The summed E-state index contributed by atoms with van der Waals surface area (Å²) in [5.41, 5.74) is 1.52. The monoisotopic (exact) mass is 542 g/mol. The Morgan fingerprint density at radius 2 is 0.974 bits per heavy atom. The molecule has 7 nitrogen and oxygen atoms in total. The van der Waals surface area contributed by atoms with Gasteiger partial charge in [0.2, 0.25) is 11.0 Å². The molecule has 0 aliphatic carbocycles. The van der Waals surface area contributed by atoms with Crippen molar-refractivity contribution in [3.8, 4) is 11.4 Å². The summed E-state index contributed by atoms with van der Waals surface area (Å²) in [5, 5.41) is 24.5. The second-order valence-electron chi connectivity index (χ2n) is 8.22. The number of aromatic nitrogens is 6. The van der Waals surface area contributed by atoms with E-state index in [1.807, 2.05) is 12.1 Å². The minimum Gasteiger partial charge on any atom is -0.692 e. The standard InChI is InChI=1S/C13H8F3N3O.C13H8F3N3/c14-13(15,16)9-5-7-10(8-6-9)18-17-11-3-1-2-4-12(11)19(18)20;14-13(15,16)9-5-7-10(8-6-9)19-17-11-3-1-2-4-12(11)18-19/h1-8H;1-8H. The fourth-order valence-corrected chi connectivity index (χ4v) is 3.66. The fraction of sp³-hybridized carbons (Fsp3) is 0.0769. The summed E-state index contributed by atoms with van der Waals surface area (Å²) >= 11 is 0. The number of alkyl halides is 6. The van der Waals surface area contributed by atoms with Crippen LogP contribution in [0.25, 0.3) is 33.4 Å². The zero-order valence-corrected chi connectivity index (χ0v) is 19.6. The Labute approximate surface area is 215 Å². The van der Waals surface area contributed by atoms with Gasteiger partial charge in [-0.1, -0.05) is 24.3 Å². The second kappa shape index (κ2) is 9.74. The number of benzene rings is 4. The van der Waals surface area contributed by atoms with Crippen LogP contribution in [0.5, 0.6) is 0 Å². The molecule has 0 aliphatic rings. The van der Waals surface area contributed by atoms with Gasteiger partial charge in [0, 0.05) is 0 Å². The second-order valence-corrected chi connectivity index (χ2v) is 8.22. The summed E-state index contributed by atoms with van der Waals surface area (Å²) in [6.07, 6.45) is -8.73. The van der Waals surface area contributed by atoms with Crippen LogP contribution >= 0.6 is 0 Å². The number of halogens is 6. The van der Waals surface area contributed by atoms with Crippen LogP contribution in [0.4, 0.5) is 26.3 Å². The maximum Gasteiger partial charge on any atom is 0.416 e. The van der Waals surface area contributed by atoms with Gasteiger partial charge in [-0.3, -0.25) is 0 Å². The van der Waals surface area contributed by atoms with Crippen LogP contribution < -0.4 is 4.85 Å². The molecule has 0 fully saturated rings. The molecule has 0 atom stereocenters. The molecule has 6 rings (SSSR count). The van der Waals surface area contributed by atoms with Crippen molar-refractivity contribution < 1.29 is 31.2 Å². The van der Waals surface area contributed by atoms with Crippen molar-refractivity contribution in [2.24, 2.45) is 0 Å². The predicted molar refractivity (Wildman–Crippen MR) is 129 cm³/mol. The molecule has 0 bridgehead atoms. The summed E-state index contributed by atoms with van der Waals surface area (Å²) in [4.78, 5) is 2.88. The van der Waals surface area contributed by atoms with Crippen molar-refractivity contribution in [3.63, 3.8) is 0 Å². The van der Waals surface area contributed by atoms with E-state index < -0.39 is 23.5 Å². The molecule has 0 aliphatic heterocycles. The highest BCUT2D eigenvalue weighted by molar-refractivity contribution is 5.73. The van der Waals surface area contributed by atoms with Crippen LogP contribution in [0.1, 0.15) is 11.1 Å². The Bertz CT molecular complexity index is 1710. The lowest BCUT2D eigenvalue weighted by atomic mass is 10.2. The summed E-state index contributed by atoms with van der Waals surface area (Å²) in [5.74, 6) is 0. The Balaban J connectivity index is 0.000000158. The third-order valence-electron chi connectivity index (χ3n) is 5.60. The smallest absolute Gasteiger partial charge is 0.416 e. The van der Waals surface area contributed by atoms with Crippen LogP contribution in [0.2, 0.25) is 0 Å². The average molecular weight is 542 g/mol. The number of rotatable bonds is 2. The third-order valence-corrected chi connectivity index (χ3v) is 5.60. The lowest BCUT2D eigenvalue weighted by molar-refractivity contribution is -0.664. The minimum atomic E-state index is -4.40. The van der Waals surface area contributed by atoms with Gasteiger partial charge in [-0.25, -0.2) is 0 Å². The first-order chi connectivity index (χ1) is 18.5. The van der Waals surface area contributed by atoms with Crippen molar-refractivity contribution in [1.82, 2.24) is 24.9 Å². The maximum atomic E-state index is 12.5. The first kappa shape index (κ1) is 25.7. The lowest BCUT2D eigenvalue weighted by Crippen LogP contribution is -2.37. The van der Waals surface area contributed by atoms with Crippen molar-refractivity contribution in [1.29, 1.82) is 0 Å². The molecule has 0 amide bonds. The molecular formula is C26H16F6N6O. The van der Waals surface area contributed by atoms with Crippen molar-refractivity contribution >= 4 is 22.1 Å². The van der Waals surface area contributed by atoms with Crippen LogP contribution in [0.15, 0.2) is 97.1 Å². The first-order valence-corrected chi connectivity index (χ1v) is 11.3. The average Bonchev–Trinajstić information content (AvgIpc) is 3.50. The summed E-state index contributed by atoms with van der Waals surface area (Å²) in [7, 11) is 0. The van der Waals surface area contributed by atoms with Gasteiger partial charge in [0.1, 0.15) is 16.7 Å². The Kier molecular flexibility index (Phi) is 6.42. The van der Waals surface area contributed by atoms with Crippen LogP contribution in [-0.2, 0) is 12.4 Å². The van der Waals surface area contributed by atoms with Gasteiger partial charge in [-0.05, 0) is 77.6 Å². The molecule has 0 unspecified atom stereocenters. The van der Waals surface area contributed by atoms with Crippen LogP contribution in [0.3, 0.4) is 0 Å². The van der Waals surface area contributed by atoms with Gasteiger partial charge in [0.25, 0.3) is 0 Å². The van der Waals surface area contributed by atoms with Crippen molar-refractivity contribution in [2.75, 3.05) is 0 Å². The normalized spacial score (nSPS) is 11.9. The zero-order chi connectivity index (χ0) is 27.8. The molecule has 0 saturated carbocycles. The SMILES string of the molecule is FC(F)(F)c1ccc(-n2nc3ccccc3n2)cc1.[O-][n+]1c2ccccc2nn1-c1ccc(C(F)(F)F)cc1. The molecular weight excluding hydrogens is 526 g/mol. The van der Waals surface area contributed by atoms with E-state index in [1.54, 1.807) is 36.4 Å². The van der Waals surface area contributed by atoms with E-state index in [4.69, 9.17) is 0 Å². The van der Waals surface area contributed by atoms with Gasteiger partial charge < -0.3 is 5.21 Å². The van der Waals surface area contributed by atoms with Gasteiger partial charge in [-0.2, -0.15) is 31.1 Å². The number of hydrogen-bond acceptors (Lipinski definition) is 4. The van der Waals surface area contributed by atoms with E-state index >= 15 is 0 Å². The maximum absolute atomic E-state index is 12.5. The van der Waals surface area contributed by atoms with Gasteiger partial charge >= 0.3 is 12.4 Å². The Hall–Kier alpha value is -4.94. The van der Waals surface area contributed by atoms with Crippen molar-refractivity contribution in [3.05, 3.63) is 113 Å². The zero-order valence-electron chi connectivity index (χ0n) is 19.6. The van der Waals surface area contributed by atoms with E-state index in [-0.39, 0.29) is 5.69 Å². The summed E-state index contributed by atoms with van der Waals surface area (Å²) < 4.78 is 74.8. The molecule has 0 spiro atoms. The molecule has 4 aromatic carbocycles. The van der Waals surface area contributed by atoms with Gasteiger partial charge in [0.05, 0.1) is 21.9 Å². The third kappa shape index (κ3) is 5.37. The molecule has 39 heavy (non-hydrogen) atoms. The molecule has 0 saturated heterocycles. The molecule has 13 heteroatoms. The van der Waals surface area contributed by atoms with Crippen LogP contribution in [-0.4, -0.2) is 24.9 Å². The molecule has 0 N–H and O–H groups in total. The van der Waals surface area contributed by atoms with Crippen molar-refractivity contribution in [2.45, 2.75) is 12.4 Å². The number of para-hydroxylation sites is 1. The first-order valence-electron chi connectivity index (χ1n) is 11.3. The van der Waals surface area contributed by atoms with E-state index in [0.29, 0.717) is 32.6 Å². The molecule has 2 heterocycles. The predicted octanol–water partition coefficient (Wildman–Crippen LogP) is 6.12. The molecule has 0 radical (unpaired) electrons. The van der Waals surface area contributed by atoms with E-state index in [1.165, 1.54) is 29.1 Å². The largest absolute Gasteiger partial charge is 0.692 e. The van der Waals surface area contributed by atoms with E-state index in [2.05, 4.69) is 15.3 Å². The van der Waals surface area contributed by atoms with E-state index in [9.17, 15) is 31.5 Å². The number of hydrogen-bond donors (Lipinski definition) is 0. The Morgan fingerprint density at radius 1 is 0.538 bits per heavy atom. The molecule has 6 aromatic rings. The quantitative estimate of drug-likeness (QED) is 0.150. The highest BCUT2D eigenvalue weighted by atomic mass is 19.4.